The molecule has 0 bridgehead atoms. The van der Waals surface area contributed by atoms with Gasteiger partial charge in [0.05, 0.1) is 19.8 Å². The van der Waals surface area contributed by atoms with Gasteiger partial charge < -0.3 is 9.47 Å². The van der Waals surface area contributed by atoms with Crippen molar-refractivity contribution in [2.24, 2.45) is 4.99 Å². The molecule has 1 aromatic rings. The SMILES string of the molecule is CCOCCN=C(C(=O)OCC)c1cc(F)cc(F)c1. The highest BCUT2D eigenvalue weighted by atomic mass is 19.1. The van der Waals surface area contributed by atoms with Crippen molar-refractivity contribution < 1.29 is 23.0 Å². The molecule has 0 unspecified atom stereocenters. The van der Waals surface area contributed by atoms with E-state index in [1.54, 1.807) is 6.92 Å². The van der Waals surface area contributed by atoms with Crippen LogP contribution in [0.3, 0.4) is 0 Å². The Morgan fingerprint density at radius 1 is 1.15 bits per heavy atom. The van der Waals surface area contributed by atoms with Crippen LogP contribution in [-0.2, 0) is 14.3 Å². The molecule has 0 fully saturated rings. The monoisotopic (exact) mass is 285 g/mol. The molecule has 1 aromatic carbocycles. The van der Waals surface area contributed by atoms with Gasteiger partial charge in [-0.3, -0.25) is 4.99 Å². The van der Waals surface area contributed by atoms with Crippen molar-refractivity contribution in [2.75, 3.05) is 26.4 Å². The lowest BCUT2D eigenvalue weighted by Crippen LogP contribution is -2.20. The average Bonchev–Trinajstić information content (AvgIpc) is 2.37. The average molecular weight is 285 g/mol. The maximum atomic E-state index is 13.2. The molecule has 0 spiro atoms. The molecular formula is C14H17F2NO3. The largest absolute Gasteiger partial charge is 0.461 e. The maximum Gasteiger partial charge on any atom is 0.357 e. The number of benzene rings is 1. The summed E-state index contributed by atoms with van der Waals surface area (Å²) in [5.41, 5.74) is -0.0533. The summed E-state index contributed by atoms with van der Waals surface area (Å²) in [7, 11) is 0. The van der Waals surface area contributed by atoms with Crippen LogP contribution in [0.2, 0.25) is 0 Å². The molecule has 1 rings (SSSR count). The van der Waals surface area contributed by atoms with E-state index in [0.717, 1.165) is 18.2 Å². The predicted molar refractivity (Wildman–Crippen MR) is 70.9 cm³/mol. The fourth-order valence-electron chi connectivity index (χ4n) is 1.53. The summed E-state index contributed by atoms with van der Waals surface area (Å²) in [4.78, 5) is 15.8. The van der Waals surface area contributed by atoms with Gasteiger partial charge in [0.1, 0.15) is 11.6 Å². The number of rotatable bonds is 7. The smallest absolute Gasteiger partial charge is 0.357 e. The molecule has 0 saturated heterocycles. The van der Waals surface area contributed by atoms with E-state index in [1.165, 1.54) is 0 Å². The minimum Gasteiger partial charge on any atom is -0.461 e. The lowest BCUT2D eigenvalue weighted by atomic mass is 10.1. The molecule has 0 N–H and O–H groups in total. The van der Waals surface area contributed by atoms with Gasteiger partial charge in [-0.15, -0.1) is 0 Å². The van der Waals surface area contributed by atoms with Crippen molar-refractivity contribution in [3.8, 4) is 0 Å². The van der Waals surface area contributed by atoms with Crippen LogP contribution >= 0.6 is 0 Å². The van der Waals surface area contributed by atoms with Gasteiger partial charge in [-0.2, -0.15) is 0 Å². The number of carbonyl (C=O) groups is 1. The Morgan fingerprint density at radius 3 is 2.35 bits per heavy atom. The third-order valence-electron chi connectivity index (χ3n) is 2.31. The van der Waals surface area contributed by atoms with Crippen molar-refractivity contribution in [3.63, 3.8) is 0 Å². The zero-order chi connectivity index (χ0) is 15.0. The number of aliphatic imine (C=N–C) groups is 1. The Hall–Kier alpha value is -1.82. The van der Waals surface area contributed by atoms with Gasteiger partial charge in [0, 0.05) is 18.2 Å². The fourth-order valence-corrected chi connectivity index (χ4v) is 1.53. The van der Waals surface area contributed by atoms with E-state index in [1.807, 2.05) is 6.92 Å². The van der Waals surface area contributed by atoms with Gasteiger partial charge in [0.2, 0.25) is 0 Å². The third-order valence-corrected chi connectivity index (χ3v) is 2.31. The molecule has 0 aromatic heterocycles. The van der Waals surface area contributed by atoms with Crippen molar-refractivity contribution >= 4 is 11.7 Å². The van der Waals surface area contributed by atoms with Crippen LogP contribution in [0.15, 0.2) is 23.2 Å². The zero-order valence-corrected chi connectivity index (χ0v) is 11.5. The molecule has 0 aliphatic rings. The Kier molecular flexibility index (Phi) is 6.79. The van der Waals surface area contributed by atoms with Crippen LogP contribution < -0.4 is 0 Å². The number of nitrogens with zero attached hydrogens (tertiary/aromatic N) is 1. The molecule has 0 amide bonds. The minimum atomic E-state index is -0.776. The first-order valence-corrected chi connectivity index (χ1v) is 6.34. The van der Waals surface area contributed by atoms with Gasteiger partial charge in [0.15, 0.2) is 5.71 Å². The topological polar surface area (TPSA) is 47.9 Å². The molecule has 110 valence electrons. The summed E-state index contributed by atoms with van der Waals surface area (Å²) in [5.74, 6) is -2.27. The molecule has 0 radical (unpaired) electrons. The van der Waals surface area contributed by atoms with Crippen molar-refractivity contribution in [1.29, 1.82) is 0 Å². The molecular weight excluding hydrogens is 268 g/mol. The van der Waals surface area contributed by atoms with Crippen LogP contribution in [0.25, 0.3) is 0 Å². The second kappa shape index (κ2) is 8.37. The number of ether oxygens (including phenoxy) is 2. The number of halogens is 2. The summed E-state index contributed by atoms with van der Waals surface area (Å²) < 4.78 is 36.4. The minimum absolute atomic E-state index is 0.0532. The van der Waals surface area contributed by atoms with Crippen molar-refractivity contribution in [1.82, 2.24) is 0 Å². The normalized spacial score (nSPS) is 11.5. The number of hydrogen-bond acceptors (Lipinski definition) is 4. The number of carbonyl (C=O) groups excluding carboxylic acids is 1. The van der Waals surface area contributed by atoms with E-state index in [-0.39, 0.29) is 24.4 Å². The summed E-state index contributed by atoms with van der Waals surface area (Å²) >= 11 is 0. The lowest BCUT2D eigenvalue weighted by Gasteiger charge is -2.07. The van der Waals surface area contributed by atoms with E-state index in [0.29, 0.717) is 13.2 Å². The fraction of sp³-hybridized carbons (Fsp3) is 0.429. The molecule has 0 saturated carbocycles. The number of hydrogen-bond donors (Lipinski definition) is 0. The van der Waals surface area contributed by atoms with E-state index in [4.69, 9.17) is 9.47 Å². The molecule has 0 atom stereocenters. The second-order valence-electron chi connectivity index (χ2n) is 3.81. The van der Waals surface area contributed by atoms with E-state index >= 15 is 0 Å². The van der Waals surface area contributed by atoms with Crippen LogP contribution in [0, 0.1) is 11.6 Å². The van der Waals surface area contributed by atoms with Crippen LogP contribution in [0.4, 0.5) is 8.78 Å². The van der Waals surface area contributed by atoms with E-state index < -0.39 is 17.6 Å². The molecule has 0 heterocycles. The highest BCUT2D eigenvalue weighted by molar-refractivity contribution is 6.43. The maximum absolute atomic E-state index is 13.2. The van der Waals surface area contributed by atoms with Gasteiger partial charge in [-0.25, -0.2) is 13.6 Å². The summed E-state index contributed by atoms with van der Waals surface area (Å²) in [6.07, 6.45) is 0. The summed E-state index contributed by atoms with van der Waals surface area (Å²) in [6, 6.07) is 2.81. The first-order valence-electron chi connectivity index (χ1n) is 6.34. The van der Waals surface area contributed by atoms with E-state index in [2.05, 4.69) is 4.99 Å². The Morgan fingerprint density at radius 2 is 1.80 bits per heavy atom. The molecule has 0 aliphatic heterocycles. The molecule has 6 heteroatoms. The van der Waals surface area contributed by atoms with Crippen LogP contribution in [-0.4, -0.2) is 38.0 Å². The quantitative estimate of drug-likeness (QED) is 0.439. The molecule has 4 nitrogen and oxygen atoms in total. The van der Waals surface area contributed by atoms with Crippen molar-refractivity contribution in [3.05, 3.63) is 35.4 Å². The molecule has 0 aliphatic carbocycles. The first-order chi connectivity index (χ1) is 9.58. The first kappa shape index (κ1) is 16.2. The number of esters is 1. The Balaban J connectivity index is 2.99. The Labute approximate surface area is 116 Å². The van der Waals surface area contributed by atoms with Gasteiger partial charge in [-0.1, -0.05) is 0 Å². The van der Waals surface area contributed by atoms with Gasteiger partial charge in [-0.05, 0) is 26.0 Å². The Bertz CT molecular complexity index is 469. The standard InChI is InChI=1S/C14H17F2NO3/c1-3-19-6-5-17-13(14(18)20-4-2)10-7-11(15)9-12(16)8-10/h7-9H,3-6H2,1-2H3. The second-order valence-corrected chi connectivity index (χ2v) is 3.81. The summed E-state index contributed by atoms with van der Waals surface area (Å²) in [5, 5.41) is 0. The van der Waals surface area contributed by atoms with Crippen molar-refractivity contribution in [2.45, 2.75) is 13.8 Å². The lowest BCUT2D eigenvalue weighted by molar-refractivity contribution is -0.134. The highest BCUT2D eigenvalue weighted by Crippen LogP contribution is 2.10. The predicted octanol–water partition coefficient (Wildman–Crippen LogP) is 2.35. The zero-order valence-electron chi connectivity index (χ0n) is 11.5. The third kappa shape index (κ3) is 5.05. The van der Waals surface area contributed by atoms with Gasteiger partial charge in [0.25, 0.3) is 0 Å². The summed E-state index contributed by atoms with van der Waals surface area (Å²) in [6.45, 7) is 4.68. The van der Waals surface area contributed by atoms with Crippen LogP contribution in [0.5, 0.6) is 0 Å². The highest BCUT2D eigenvalue weighted by Gasteiger charge is 2.16. The van der Waals surface area contributed by atoms with Crippen LogP contribution in [0.1, 0.15) is 19.4 Å². The molecule has 20 heavy (non-hydrogen) atoms. The van der Waals surface area contributed by atoms with Gasteiger partial charge >= 0.3 is 5.97 Å². The van der Waals surface area contributed by atoms with E-state index in [9.17, 15) is 13.6 Å².